The third-order valence-corrected chi connectivity index (χ3v) is 4.13. The summed E-state index contributed by atoms with van der Waals surface area (Å²) in [6.07, 6.45) is 3.13. The summed E-state index contributed by atoms with van der Waals surface area (Å²) >= 11 is 3.44. The average molecular weight is 352 g/mol. The van der Waals surface area contributed by atoms with Gasteiger partial charge in [0.2, 0.25) is 0 Å². The van der Waals surface area contributed by atoms with Crippen molar-refractivity contribution in [2.45, 2.75) is 32.2 Å². The van der Waals surface area contributed by atoms with Crippen LogP contribution in [0.2, 0.25) is 0 Å². The fourth-order valence-corrected chi connectivity index (χ4v) is 2.65. The van der Waals surface area contributed by atoms with Crippen LogP contribution in [0.15, 0.2) is 28.7 Å². The monoisotopic (exact) mass is 351 g/mol. The van der Waals surface area contributed by atoms with E-state index in [4.69, 9.17) is 9.47 Å². The van der Waals surface area contributed by atoms with Crippen molar-refractivity contribution in [1.29, 1.82) is 0 Å². The van der Waals surface area contributed by atoms with E-state index >= 15 is 0 Å². The van der Waals surface area contributed by atoms with Crippen LogP contribution >= 0.6 is 15.9 Å². The van der Waals surface area contributed by atoms with Crippen LogP contribution in [0.3, 0.4) is 0 Å². The Hall–Kier alpha value is -1.24. The molecular weight excluding hydrogens is 334 g/mol. The molecule has 0 N–H and O–H groups in total. The van der Waals surface area contributed by atoms with Crippen molar-refractivity contribution in [2.75, 3.05) is 6.61 Å². The van der Waals surface area contributed by atoms with Gasteiger partial charge in [-0.15, -0.1) is 5.10 Å². The first-order valence-electron chi connectivity index (χ1n) is 7.12. The molecule has 0 bridgehead atoms. The maximum Gasteiger partial charge on any atom is 0.158 e. The Morgan fingerprint density at radius 1 is 1.33 bits per heavy atom. The molecule has 0 radical (unpaired) electrons. The van der Waals surface area contributed by atoms with Gasteiger partial charge in [-0.25, -0.2) is 4.68 Å². The zero-order valence-electron chi connectivity index (χ0n) is 12.0. The van der Waals surface area contributed by atoms with Gasteiger partial charge in [-0.2, -0.15) is 0 Å². The first-order valence-corrected chi connectivity index (χ1v) is 7.91. The van der Waals surface area contributed by atoms with E-state index in [1.54, 1.807) is 4.68 Å². The van der Waals surface area contributed by atoms with E-state index in [1.807, 2.05) is 31.3 Å². The number of halogens is 1. The molecule has 1 aromatic carbocycles. The molecule has 1 aliphatic rings. The number of ether oxygens (including phenoxy) is 2. The number of hydrogen-bond donors (Lipinski definition) is 0. The molecule has 6 heteroatoms. The summed E-state index contributed by atoms with van der Waals surface area (Å²) in [5.74, 6) is 0. The van der Waals surface area contributed by atoms with Gasteiger partial charge in [-0.05, 0) is 31.4 Å². The fraction of sp³-hybridized carbons (Fsp3) is 0.467. The second-order valence-electron chi connectivity index (χ2n) is 5.12. The molecule has 1 aromatic heterocycles. The summed E-state index contributed by atoms with van der Waals surface area (Å²) in [4.78, 5) is 0. The highest BCUT2D eigenvalue weighted by atomic mass is 79.9. The van der Waals surface area contributed by atoms with Crippen LogP contribution in [0.4, 0.5) is 0 Å². The SMILES string of the molecule is Cn1nnc(-c2ccc(Br)cc2)c1COC1CCCCO1. The van der Waals surface area contributed by atoms with Crippen LogP contribution in [0.5, 0.6) is 0 Å². The Labute approximate surface area is 132 Å². The molecule has 0 spiro atoms. The number of aryl methyl sites for hydroxylation is 1. The smallest absolute Gasteiger partial charge is 0.158 e. The van der Waals surface area contributed by atoms with Gasteiger partial charge in [0.1, 0.15) is 5.69 Å². The Kier molecular flexibility index (Phi) is 4.67. The fourth-order valence-electron chi connectivity index (χ4n) is 2.39. The molecule has 1 unspecified atom stereocenters. The van der Waals surface area contributed by atoms with Crippen molar-refractivity contribution in [1.82, 2.24) is 15.0 Å². The summed E-state index contributed by atoms with van der Waals surface area (Å²) in [6.45, 7) is 1.24. The molecule has 0 aliphatic carbocycles. The van der Waals surface area contributed by atoms with E-state index < -0.39 is 0 Å². The molecule has 0 amide bonds. The predicted molar refractivity (Wildman–Crippen MR) is 82.5 cm³/mol. The van der Waals surface area contributed by atoms with Gasteiger partial charge in [0.05, 0.1) is 12.3 Å². The van der Waals surface area contributed by atoms with E-state index in [0.717, 1.165) is 47.3 Å². The lowest BCUT2D eigenvalue weighted by Crippen LogP contribution is -2.22. The number of aromatic nitrogens is 3. The standard InChI is InChI=1S/C15H18BrN3O2/c1-19-13(10-21-14-4-2-3-9-20-14)15(17-18-19)11-5-7-12(16)8-6-11/h5-8,14H,2-4,9-10H2,1H3. The van der Waals surface area contributed by atoms with E-state index in [0.29, 0.717) is 6.61 Å². The highest BCUT2D eigenvalue weighted by molar-refractivity contribution is 9.10. The number of hydrogen-bond acceptors (Lipinski definition) is 4. The van der Waals surface area contributed by atoms with Crippen LogP contribution in [0.25, 0.3) is 11.3 Å². The maximum atomic E-state index is 5.86. The summed E-state index contributed by atoms with van der Waals surface area (Å²) < 4.78 is 14.3. The Balaban J connectivity index is 1.75. The van der Waals surface area contributed by atoms with Crippen LogP contribution < -0.4 is 0 Å². The van der Waals surface area contributed by atoms with Crippen molar-refractivity contribution >= 4 is 15.9 Å². The van der Waals surface area contributed by atoms with Crippen LogP contribution in [0.1, 0.15) is 25.0 Å². The lowest BCUT2D eigenvalue weighted by atomic mass is 10.1. The van der Waals surface area contributed by atoms with Crippen molar-refractivity contribution in [3.63, 3.8) is 0 Å². The quantitative estimate of drug-likeness (QED) is 0.847. The van der Waals surface area contributed by atoms with E-state index in [-0.39, 0.29) is 6.29 Å². The average Bonchev–Trinajstić information content (AvgIpc) is 2.88. The predicted octanol–water partition coefficient (Wildman–Crippen LogP) is 3.29. The Morgan fingerprint density at radius 3 is 2.86 bits per heavy atom. The maximum absolute atomic E-state index is 5.86. The molecule has 21 heavy (non-hydrogen) atoms. The Morgan fingerprint density at radius 2 is 2.14 bits per heavy atom. The highest BCUT2D eigenvalue weighted by Crippen LogP contribution is 2.24. The topological polar surface area (TPSA) is 49.2 Å². The molecular formula is C15H18BrN3O2. The molecule has 1 atom stereocenters. The van der Waals surface area contributed by atoms with Crippen molar-refractivity contribution in [3.8, 4) is 11.3 Å². The minimum Gasteiger partial charge on any atom is -0.353 e. The van der Waals surface area contributed by atoms with Gasteiger partial charge >= 0.3 is 0 Å². The van der Waals surface area contributed by atoms with E-state index in [1.165, 1.54) is 0 Å². The van der Waals surface area contributed by atoms with Crippen molar-refractivity contribution in [2.24, 2.45) is 7.05 Å². The third kappa shape index (κ3) is 3.51. The molecule has 5 nitrogen and oxygen atoms in total. The van der Waals surface area contributed by atoms with Gasteiger partial charge in [0, 0.05) is 23.7 Å². The van der Waals surface area contributed by atoms with Crippen LogP contribution in [0, 0.1) is 0 Å². The zero-order chi connectivity index (χ0) is 14.7. The molecule has 1 fully saturated rings. The second-order valence-corrected chi connectivity index (χ2v) is 6.04. The minimum atomic E-state index is -0.105. The molecule has 3 rings (SSSR count). The van der Waals surface area contributed by atoms with Gasteiger partial charge in [0.25, 0.3) is 0 Å². The minimum absolute atomic E-state index is 0.105. The normalized spacial score (nSPS) is 18.9. The number of benzene rings is 1. The molecule has 2 heterocycles. The van der Waals surface area contributed by atoms with Crippen molar-refractivity contribution in [3.05, 3.63) is 34.4 Å². The van der Waals surface area contributed by atoms with Crippen LogP contribution in [-0.4, -0.2) is 27.9 Å². The zero-order valence-corrected chi connectivity index (χ0v) is 13.5. The lowest BCUT2D eigenvalue weighted by molar-refractivity contribution is -0.169. The largest absolute Gasteiger partial charge is 0.353 e. The van der Waals surface area contributed by atoms with Gasteiger partial charge < -0.3 is 9.47 Å². The summed E-state index contributed by atoms with van der Waals surface area (Å²) in [6, 6.07) is 8.04. The first kappa shape index (κ1) is 14.7. The van der Waals surface area contributed by atoms with E-state index in [2.05, 4.69) is 26.2 Å². The molecule has 0 saturated carbocycles. The van der Waals surface area contributed by atoms with Crippen LogP contribution in [-0.2, 0) is 23.1 Å². The lowest BCUT2D eigenvalue weighted by Gasteiger charge is -2.22. The Bertz CT molecular complexity index is 591. The van der Waals surface area contributed by atoms with Gasteiger partial charge in [0.15, 0.2) is 6.29 Å². The molecule has 1 aliphatic heterocycles. The number of nitrogens with zero attached hydrogens (tertiary/aromatic N) is 3. The molecule has 2 aromatic rings. The molecule has 1 saturated heterocycles. The summed E-state index contributed by atoms with van der Waals surface area (Å²) in [5.41, 5.74) is 2.86. The van der Waals surface area contributed by atoms with E-state index in [9.17, 15) is 0 Å². The highest BCUT2D eigenvalue weighted by Gasteiger charge is 2.18. The summed E-state index contributed by atoms with van der Waals surface area (Å²) in [5, 5.41) is 8.37. The molecule has 112 valence electrons. The number of rotatable bonds is 4. The summed E-state index contributed by atoms with van der Waals surface area (Å²) in [7, 11) is 1.88. The van der Waals surface area contributed by atoms with Crippen molar-refractivity contribution < 1.29 is 9.47 Å². The third-order valence-electron chi connectivity index (χ3n) is 3.60. The van der Waals surface area contributed by atoms with Gasteiger partial charge in [-0.3, -0.25) is 0 Å². The second kappa shape index (κ2) is 6.68. The first-order chi connectivity index (χ1) is 10.2. The van der Waals surface area contributed by atoms with Gasteiger partial charge in [-0.1, -0.05) is 33.3 Å².